The normalized spacial score (nSPS) is 40.4. The number of fused-ring (bicyclic) bond motifs is 2. The third-order valence-electron chi connectivity index (χ3n) is 7.56. The summed E-state index contributed by atoms with van der Waals surface area (Å²) in [5, 5.41) is 3.59. The maximum absolute atomic E-state index is 5.84. The van der Waals surface area contributed by atoms with Crippen molar-refractivity contribution in [1.29, 1.82) is 0 Å². The molecule has 4 heterocycles. The zero-order valence-corrected chi connectivity index (χ0v) is 17.1. The number of hydrogen-bond acceptors (Lipinski definition) is 4. The number of likely N-dealkylation sites (tertiary alicyclic amines) is 1. The van der Waals surface area contributed by atoms with E-state index in [0.29, 0.717) is 17.0 Å². The molecule has 0 aromatic carbocycles. The summed E-state index contributed by atoms with van der Waals surface area (Å²) in [6.07, 6.45) is 6.62. The summed E-state index contributed by atoms with van der Waals surface area (Å²) >= 11 is 0. The van der Waals surface area contributed by atoms with E-state index < -0.39 is 0 Å². The van der Waals surface area contributed by atoms with E-state index in [-0.39, 0.29) is 5.54 Å². The zero-order chi connectivity index (χ0) is 17.9. The summed E-state index contributed by atoms with van der Waals surface area (Å²) in [5.41, 5.74) is 1.02. The van der Waals surface area contributed by atoms with E-state index >= 15 is 0 Å². The molecule has 4 heteroatoms. The second-order valence-electron chi connectivity index (χ2n) is 10.9. The number of ether oxygens (including phenoxy) is 1. The summed E-state index contributed by atoms with van der Waals surface area (Å²) in [7, 11) is 0. The number of rotatable bonds is 3. The molecule has 0 amide bonds. The van der Waals surface area contributed by atoms with Crippen LogP contribution in [0.1, 0.15) is 66.7 Å². The van der Waals surface area contributed by atoms with Gasteiger partial charge in [0.2, 0.25) is 0 Å². The van der Waals surface area contributed by atoms with Gasteiger partial charge in [-0.1, -0.05) is 0 Å². The van der Waals surface area contributed by atoms with E-state index in [9.17, 15) is 0 Å². The van der Waals surface area contributed by atoms with Crippen LogP contribution < -0.4 is 5.32 Å². The fourth-order valence-corrected chi connectivity index (χ4v) is 6.48. The van der Waals surface area contributed by atoms with E-state index in [2.05, 4.69) is 49.7 Å². The fraction of sp³-hybridized carbons (Fsp3) is 1.00. The molecule has 0 saturated carbocycles. The van der Waals surface area contributed by atoms with Crippen LogP contribution in [0.3, 0.4) is 0 Å². The Balaban J connectivity index is 1.52. The van der Waals surface area contributed by atoms with Gasteiger partial charge in [-0.2, -0.15) is 0 Å². The van der Waals surface area contributed by atoms with Gasteiger partial charge in [0.05, 0.1) is 6.61 Å². The minimum Gasteiger partial charge on any atom is -0.381 e. The van der Waals surface area contributed by atoms with Gasteiger partial charge in [0.1, 0.15) is 0 Å². The Kier molecular flexibility index (Phi) is 4.51. The summed E-state index contributed by atoms with van der Waals surface area (Å²) in [6, 6.07) is 2.22. The number of piperazine rings is 1. The predicted octanol–water partition coefficient (Wildman–Crippen LogP) is 2.87. The molecule has 0 radical (unpaired) electrons. The lowest BCUT2D eigenvalue weighted by Crippen LogP contribution is -2.74. The van der Waals surface area contributed by atoms with Gasteiger partial charge in [-0.25, -0.2) is 0 Å². The third-order valence-corrected chi connectivity index (χ3v) is 7.56. The second kappa shape index (κ2) is 6.19. The largest absolute Gasteiger partial charge is 0.381 e. The Morgan fingerprint density at radius 3 is 2.36 bits per heavy atom. The van der Waals surface area contributed by atoms with Gasteiger partial charge in [-0.05, 0) is 78.7 Å². The number of hydrogen-bond donors (Lipinski definition) is 1. The van der Waals surface area contributed by atoms with Crippen molar-refractivity contribution in [3.8, 4) is 0 Å². The standard InChI is InChI=1S/C21H39N3O/c1-19(2,3)23-8-6-21(7-9-25-15-21)12-18(23)11-20(4,5)24-16-10-17(24)14-22-13-16/h16-18,22H,6-15H2,1-5H3. The maximum atomic E-state index is 5.84. The van der Waals surface area contributed by atoms with Gasteiger partial charge in [-0.15, -0.1) is 0 Å². The molecule has 4 fully saturated rings. The highest BCUT2D eigenvalue weighted by molar-refractivity contribution is 5.08. The first-order chi connectivity index (χ1) is 11.7. The van der Waals surface area contributed by atoms with Crippen LogP contribution in [0.4, 0.5) is 0 Å². The van der Waals surface area contributed by atoms with E-state index in [1.165, 1.54) is 51.7 Å². The lowest BCUT2D eigenvalue weighted by Gasteiger charge is -2.62. The van der Waals surface area contributed by atoms with Crippen molar-refractivity contribution in [3.05, 3.63) is 0 Å². The molecule has 144 valence electrons. The highest BCUT2D eigenvalue weighted by Gasteiger charge is 2.51. The monoisotopic (exact) mass is 349 g/mol. The van der Waals surface area contributed by atoms with Crippen LogP contribution in [-0.2, 0) is 4.74 Å². The predicted molar refractivity (Wildman–Crippen MR) is 103 cm³/mol. The Bertz CT molecular complexity index is 478. The number of piperidine rings is 2. The molecular weight excluding hydrogens is 310 g/mol. The first kappa shape index (κ1) is 18.2. The quantitative estimate of drug-likeness (QED) is 0.848. The van der Waals surface area contributed by atoms with Crippen LogP contribution in [0.25, 0.3) is 0 Å². The van der Waals surface area contributed by atoms with Gasteiger partial charge in [0.25, 0.3) is 0 Å². The molecule has 0 aromatic heterocycles. The van der Waals surface area contributed by atoms with Crippen molar-refractivity contribution in [1.82, 2.24) is 15.1 Å². The fourth-order valence-electron chi connectivity index (χ4n) is 6.48. The summed E-state index contributed by atoms with van der Waals surface area (Å²) in [6.45, 7) is 17.8. The molecule has 4 saturated heterocycles. The molecule has 4 unspecified atom stereocenters. The molecule has 1 N–H and O–H groups in total. The van der Waals surface area contributed by atoms with Gasteiger partial charge in [-0.3, -0.25) is 9.80 Å². The Labute approximate surface area is 154 Å². The molecule has 4 rings (SSSR count). The molecule has 1 spiro atoms. The molecule has 0 aromatic rings. The Morgan fingerprint density at radius 1 is 1.08 bits per heavy atom. The SMILES string of the molecule is CC(C)(C)N1CCC2(CCOC2)CC1CC(C)(C)N1C2CNCC1C2. The Morgan fingerprint density at radius 2 is 1.80 bits per heavy atom. The molecule has 0 aliphatic carbocycles. The average Bonchev–Trinajstić information content (AvgIpc) is 2.93. The average molecular weight is 350 g/mol. The zero-order valence-electron chi connectivity index (χ0n) is 17.1. The van der Waals surface area contributed by atoms with Crippen LogP contribution in [-0.4, -0.2) is 71.9 Å². The minimum absolute atomic E-state index is 0.258. The second-order valence-corrected chi connectivity index (χ2v) is 10.9. The van der Waals surface area contributed by atoms with Gasteiger partial charge < -0.3 is 10.1 Å². The highest BCUT2D eigenvalue weighted by Crippen LogP contribution is 2.47. The van der Waals surface area contributed by atoms with Crippen molar-refractivity contribution in [2.45, 2.75) is 95.9 Å². The molecule has 4 atom stereocenters. The number of nitrogens with zero attached hydrogens (tertiary/aromatic N) is 2. The van der Waals surface area contributed by atoms with Crippen LogP contribution in [0.2, 0.25) is 0 Å². The van der Waals surface area contributed by atoms with Gasteiger partial charge in [0.15, 0.2) is 0 Å². The molecule has 25 heavy (non-hydrogen) atoms. The topological polar surface area (TPSA) is 27.7 Å². The number of nitrogens with one attached hydrogen (secondary N) is 1. The van der Waals surface area contributed by atoms with Gasteiger partial charge >= 0.3 is 0 Å². The van der Waals surface area contributed by atoms with E-state index in [1.54, 1.807) is 0 Å². The highest BCUT2D eigenvalue weighted by atomic mass is 16.5. The van der Waals surface area contributed by atoms with Crippen LogP contribution >= 0.6 is 0 Å². The third kappa shape index (κ3) is 3.28. The smallest absolute Gasteiger partial charge is 0.0524 e. The van der Waals surface area contributed by atoms with Crippen molar-refractivity contribution < 1.29 is 4.74 Å². The molecule has 4 aliphatic heterocycles. The van der Waals surface area contributed by atoms with Crippen LogP contribution in [0.15, 0.2) is 0 Å². The summed E-state index contributed by atoms with van der Waals surface area (Å²) in [4.78, 5) is 5.66. The van der Waals surface area contributed by atoms with Crippen LogP contribution in [0.5, 0.6) is 0 Å². The van der Waals surface area contributed by atoms with Gasteiger partial charge in [0, 0.05) is 48.9 Å². The van der Waals surface area contributed by atoms with E-state index in [4.69, 9.17) is 4.74 Å². The van der Waals surface area contributed by atoms with E-state index in [0.717, 1.165) is 25.3 Å². The molecule has 4 aliphatic rings. The Hall–Kier alpha value is -0.160. The maximum Gasteiger partial charge on any atom is 0.0524 e. The molecule has 4 nitrogen and oxygen atoms in total. The lowest BCUT2D eigenvalue weighted by atomic mass is 9.70. The van der Waals surface area contributed by atoms with E-state index in [1.807, 2.05) is 0 Å². The van der Waals surface area contributed by atoms with Crippen molar-refractivity contribution in [2.75, 3.05) is 32.8 Å². The van der Waals surface area contributed by atoms with Crippen LogP contribution in [0, 0.1) is 5.41 Å². The summed E-state index contributed by atoms with van der Waals surface area (Å²) < 4.78 is 5.84. The molecule has 2 bridgehead atoms. The first-order valence-electron chi connectivity index (χ1n) is 10.5. The minimum atomic E-state index is 0.258. The first-order valence-corrected chi connectivity index (χ1v) is 10.5. The van der Waals surface area contributed by atoms with Crippen molar-refractivity contribution in [2.24, 2.45) is 5.41 Å². The lowest BCUT2D eigenvalue weighted by molar-refractivity contribution is -0.109. The van der Waals surface area contributed by atoms with Crippen molar-refractivity contribution in [3.63, 3.8) is 0 Å². The van der Waals surface area contributed by atoms with Crippen molar-refractivity contribution >= 4 is 0 Å². The molecular formula is C21H39N3O. The summed E-state index contributed by atoms with van der Waals surface area (Å²) in [5.74, 6) is 0.